The van der Waals surface area contributed by atoms with Gasteiger partial charge in [0.15, 0.2) is 0 Å². The van der Waals surface area contributed by atoms with Crippen LogP contribution in [0.3, 0.4) is 0 Å². The molecule has 0 bridgehead atoms. The van der Waals surface area contributed by atoms with Crippen LogP contribution in [0.1, 0.15) is 33.6 Å². The molecule has 0 spiro atoms. The molecular weight excluding hydrogens is 200 g/mol. The molecule has 1 aliphatic rings. The molecule has 0 saturated carbocycles. The van der Waals surface area contributed by atoms with Gasteiger partial charge in [0.1, 0.15) is 0 Å². The van der Waals surface area contributed by atoms with Crippen molar-refractivity contribution in [3.8, 4) is 11.8 Å². The predicted octanol–water partition coefficient (Wildman–Crippen LogP) is 1.23. The van der Waals surface area contributed by atoms with Crippen molar-refractivity contribution >= 4 is 0 Å². The lowest BCUT2D eigenvalue weighted by Gasteiger charge is -2.46. The zero-order chi connectivity index (χ0) is 12.0. The molecule has 0 aromatic rings. The van der Waals surface area contributed by atoms with Crippen LogP contribution in [-0.4, -0.2) is 42.8 Å². The number of morpholine rings is 1. The standard InChI is InChI=1S/C13H24N2O/c1-4-6-7-12(14)13(3,5-2)15-8-10-16-11-9-15/h12H,5,7-11,14H2,1-3H3. The summed E-state index contributed by atoms with van der Waals surface area (Å²) in [6.07, 6.45) is 1.83. The van der Waals surface area contributed by atoms with Crippen LogP contribution in [0.15, 0.2) is 0 Å². The minimum absolute atomic E-state index is 0.0492. The highest BCUT2D eigenvalue weighted by molar-refractivity contribution is 5.04. The van der Waals surface area contributed by atoms with E-state index in [-0.39, 0.29) is 11.6 Å². The third-order valence-electron chi connectivity index (χ3n) is 3.75. The van der Waals surface area contributed by atoms with E-state index in [1.165, 1.54) is 0 Å². The van der Waals surface area contributed by atoms with Crippen LogP contribution in [0, 0.1) is 11.8 Å². The quantitative estimate of drug-likeness (QED) is 0.730. The Kier molecular flexibility index (Phi) is 5.27. The lowest BCUT2D eigenvalue weighted by Crippen LogP contribution is -2.60. The SMILES string of the molecule is CC#CCC(N)C(C)(CC)N1CCOCC1. The highest BCUT2D eigenvalue weighted by Gasteiger charge is 2.36. The summed E-state index contributed by atoms with van der Waals surface area (Å²) in [5.41, 5.74) is 6.34. The van der Waals surface area contributed by atoms with Gasteiger partial charge in [-0.15, -0.1) is 11.8 Å². The molecular formula is C13H24N2O. The molecule has 2 atom stereocenters. The fourth-order valence-corrected chi connectivity index (χ4v) is 2.23. The minimum atomic E-state index is 0.0492. The van der Waals surface area contributed by atoms with Crippen molar-refractivity contribution < 1.29 is 4.74 Å². The predicted molar refractivity (Wildman–Crippen MR) is 67.1 cm³/mol. The lowest BCUT2D eigenvalue weighted by molar-refractivity contribution is -0.0267. The van der Waals surface area contributed by atoms with Gasteiger partial charge in [0, 0.05) is 31.1 Å². The lowest BCUT2D eigenvalue weighted by atomic mass is 9.85. The van der Waals surface area contributed by atoms with Crippen LogP contribution >= 0.6 is 0 Å². The summed E-state index contributed by atoms with van der Waals surface area (Å²) < 4.78 is 5.39. The number of nitrogens with two attached hydrogens (primary N) is 1. The van der Waals surface area contributed by atoms with Gasteiger partial charge in [-0.3, -0.25) is 4.90 Å². The first-order valence-corrected chi connectivity index (χ1v) is 6.13. The van der Waals surface area contributed by atoms with Gasteiger partial charge in [0.25, 0.3) is 0 Å². The first-order valence-electron chi connectivity index (χ1n) is 6.13. The largest absolute Gasteiger partial charge is 0.379 e. The van der Waals surface area contributed by atoms with Crippen LogP contribution < -0.4 is 5.73 Å². The maximum absolute atomic E-state index is 6.29. The van der Waals surface area contributed by atoms with Crippen LogP contribution in [0.5, 0.6) is 0 Å². The Labute approximate surface area is 99.3 Å². The monoisotopic (exact) mass is 224 g/mol. The number of rotatable bonds is 4. The average Bonchev–Trinajstić information content (AvgIpc) is 2.35. The highest BCUT2D eigenvalue weighted by Crippen LogP contribution is 2.25. The number of hydrogen-bond acceptors (Lipinski definition) is 3. The molecule has 2 unspecified atom stereocenters. The summed E-state index contributed by atoms with van der Waals surface area (Å²) in [6, 6.07) is 0.114. The Morgan fingerprint density at radius 2 is 2.06 bits per heavy atom. The molecule has 1 rings (SSSR count). The Morgan fingerprint density at radius 3 is 2.56 bits per heavy atom. The Morgan fingerprint density at radius 1 is 1.44 bits per heavy atom. The maximum Gasteiger partial charge on any atom is 0.0594 e. The summed E-state index contributed by atoms with van der Waals surface area (Å²) in [5, 5.41) is 0. The van der Waals surface area contributed by atoms with Crippen LogP contribution in [0.25, 0.3) is 0 Å². The molecule has 16 heavy (non-hydrogen) atoms. The molecule has 2 N–H and O–H groups in total. The molecule has 0 aromatic heterocycles. The number of nitrogens with zero attached hydrogens (tertiary/aromatic N) is 1. The van der Waals surface area contributed by atoms with E-state index in [0.29, 0.717) is 0 Å². The van der Waals surface area contributed by atoms with Crippen molar-refractivity contribution in [1.29, 1.82) is 0 Å². The van der Waals surface area contributed by atoms with E-state index < -0.39 is 0 Å². The summed E-state index contributed by atoms with van der Waals surface area (Å²) in [5.74, 6) is 6.02. The molecule has 0 aliphatic carbocycles. The Bertz CT molecular complexity index is 263. The molecule has 1 fully saturated rings. The van der Waals surface area contributed by atoms with Crippen LogP contribution in [-0.2, 0) is 4.74 Å². The highest BCUT2D eigenvalue weighted by atomic mass is 16.5. The van der Waals surface area contributed by atoms with Crippen LogP contribution in [0.4, 0.5) is 0 Å². The molecule has 3 heteroatoms. The van der Waals surface area contributed by atoms with Gasteiger partial charge in [0.2, 0.25) is 0 Å². The third-order valence-corrected chi connectivity index (χ3v) is 3.75. The average molecular weight is 224 g/mol. The first-order chi connectivity index (χ1) is 7.65. The second kappa shape index (κ2) is 6.24. The van der Waals surface area contributed by atoms with Crippen molar-refractivity contribution in [3.63, 3.8) is 0 Å². The summed E-state index contributed by atoms with van der Waals surface area (Å²) >= 11 is 0. The third kappa shape index (κ3) is 2.98. The number of ether oxygens (including phenoxy) is 1. The van der Waals surface area contributed by atoms with Crippen molar-refractivity contribution in [2.75, 3.05) is 26.3 Å². The van der Waals surface area contributed by atoms with E-state index in [1.807, 2.05) is 6.92 Å². The van der Waals surface area contributed by atoms with Gasteiger partial charge in [0.05, 0.1) is 13.2 Å². The zero-order valence-electron chi connectivity index (χ0n) is 10.8. The van der Waals surface area contributed by atoms with Gasteiger partial charge in [-0.1, -0.05) is 6.92 Å². The van der Waals surface area contributed by atoms with Crippen molar-refractivity contribution in [2.45, 2.75) is 45.2 Å². The van der Waals surface area contributed by atoms with Crippen molar-refractivity contribution in [3.05, 3.63) is 0 Å². The molecule has 1 saturated heterocycles. The van der Waals surface area contributed by atoms with E-state index in [1.54, 1.807) is 0 Å². The zero-order valence-corrected chi connectivity index (χ0v) is 10.8. The van der Waals surface area contributed by atoms with Crippen LogP contribution in [0.2, 0.25) is 0 Å². The van der Waals surface area contributed by atoms with E-state index in [0.717, 1.165) is 39.1 Å². The second-order valence-corrected chi connectivity index (χ2v) is 4.55. The molecule has 92 valence electrons. The van der Waals surface area contributed by atoms with Gasteiger partial charge < -0.3 is 10.5 Å². The fourth-order valence-electron chi connectivity index (χ4n) is 2.23. The smallest absolute Gasteiger partial charge is 0.0594 e. The van der Waals surface area contributed by atoms with E-state index in [4.69, 9.17) is 10.5 Å². The maximum atomic E-state index is 6.29. The summed E-state index contributed by atoms with van der Waals surface area (Å²) in [6.45, 7) is 9.93. The second-order valence-electron chi connectivity index (χ2n) is 4.55. The molecule has 1 heterocycles. The van der Waals surface area contributed by atoms with E-state index in [9.17, 15) is 0 Å². The number of hydrogen-bond donors (Lipinski definition) is 1. The summed E-state index contributed by atoms with van der Waals surface area (Å²) in [4.78, 5) is 2.46. The Hall–Kier alpha value is -0.560. The van der Waals surface area contributed by atoms with Crippen molar-refractivity contribution in [1.82, 2.24) is 4.90 Å². The topological polar surface area (TPSA) is 38.5 Å². The molecule has 0 amide bonds. The molecule has 0 aromatic carbocycles. The summed E-state index contributed by atoms with van der Waals surface area (Å²) in [7, 11) is 0. The normalized spacial score (nSPS) is 23.0. The van der Waals surface area contributed by atoms with Gasteiger partial charge in [-0.25, -0.2) is 0 Å². The van der Waals surface area contributed by atoms with Gasteiger partial charge >= 0.3 is 0 Å². The van der Waals surface area contributed by atoms with Gasteiger partial charge in [-0.05, 0) is 20.3 Å². The molecule has 3 nitrogen and oxygen atoms in total. The van der Waals surface area contributed by atoms with Gasteiger partial charge in [-0.2, -0.15) is 0 Å². The Balaban J connectivity index is 2.68. The van der Waals surface area contributed by atoms with Crippen molar-refractivity contribution in [2.24, 2.45) is 5.73 Å². The first kappa shape index (κ1) is 13.5. The molecule has 0 radical (unpaired) electrons. The molecule has 1 aliphatic heterocycles. The fraction of sp³-hybridized carbons (Fsp3) is 0.846. The van der Waals surface area contributed by atoms with E-state index >= 15 is 0 Å². The minimum Gasteiger partial charge on any atom is -0.379 e. The van der Waals surface area contributed by atoms with E-state index in [2.05, 4.69) is 30.6 Å².